The summed E-state index contributed by atoms with van der Waals surface area (Å²) in [5, 5.41) is 14.8. The van der Waals surface area contributed by atoms with Crippen molar-refractivity contribution in [2.75, 3.05) is 13.1 Å². The SMILES string of the molecule is Cc1c(Cl)c([N+](=O)[O-])nn1Cc1ccc(C(=O)N2CCCCCC2)o1. The van der Waals surface area contributed by atoms with E-state index in [2.05, 4.69) is 5.10 Å². The van der Waals surface area contributed by atoms with Crippen molar-refractivity contribution >= 4 is 23.3 Å². The third-order valence-electron chi connectivity index (χ3n) is 4.36. The molecule has 0 saturated carbocycles. The van der Waals surface area contributed by atoms with E-state index in [0.29, 0.717) is 11.5 Å². The van der Waals surface area contributed by atoms with Crippen molar-refractivity contribution in [2.45, 2.75) is 39.2 Å². The molecule has 1 amide bonds. The van der Waals surface area contributed by atoms with Crippen LogP contribution in [0.4, 0.5) is 5.82 Å². The van der Waals surface area contributed by atoms with E-state index in [4.69, 9.17) is 16.0 Å². The fourth-order valence-electron chi connectivity index (χ4n) is 2.93. The number of carbonyl (C=O) groups excluding carboxylic acids is 1. The summed E-state index contributed by atoms with van der Waals surface area (Å²) in [5.41, 5.74) is 0.477. The van der Waals surface area contributed by atoms with Gasteiger partial charge in [0, 0.05) is 13.1 Å². The lowest BCUT2D eigenvalue weighted by atomic mass is 10.2. The summed E-state index contributed by atoms with van der Waals surface area (Å²) in [7, 11) is 0. The lowest BCUT2D eigenvalue weighted by Gasteiger charge is -2.18. The Labute approximate surface area is 149 Å². The molecule has 3 heterocycles. The van der Waals surface area contributed by atoms with E-state index in [9.17, 15) is 14.9 Å². The van der Waals surface area contributed by atoms with Crippen LogP contribution in [0.15, 0.2) is 16.5 Å². The summed E-state index contributed by atoms with van der Waals surface area (Å²) in [4.78, 5) is 24.6. The molecule has 2 aromatic heterocycles. The molecular formula is C16H19ClN4O4. The Morgan fingerprint density at radius 3 is 2.60 bits per heavy atom. The van der Waals surface area contributed by atoms with Crippen LogP contribution in [-0.4, -0.2) is 38.6 Å². The molecule has 25 heavy (non-hydrogen) atoms. The van der Waals surface area contributed by atoms with Crippen LogP contribution >= 0.6 is 11.6 Å². The van der Waals surface area contributed by atoms with Crippen molar-refractivity contribution in [1.29, 1.82) is 0 Å². The quantitative estimate of drug-likeness (QED) is 0.610. The molecule has 8 nitrogen and oxygen atoms in total. The number of aromatic nitrogens is 2. The number of rotatable bonds is 4. The van der Waals surface area contributed by atoms with Gasteiger partial charge in [-0.05, 0) is 36.8 Å². The highest BCUT2D eigenvalue weighted by Crippen LogP contribution is 2.27. The number of amides is 1. The second-order valence-electron chi connectivity index (χ2n) is 6.11. The molecule has 0 aliphatic carbocycles. The second kappa shape index (κ2) is 7.26. The molecule has 0 spiro atoms. The minimum absolute atomic E-state index is 0.0115. The molecule has 0 unspecified atom stereocenters. The number of likely N-dealkylation sites (tertiary alicyclic amines) is 1. The van der Waals surface area contributed by atoms with Gasteiger partial charge >= 0.3 is 5.82 Å². The van der Waals surface area contributed by atoms with Crippen molar-refractivity contribution in [3.05, 3.63) is 44.5 Å². The van der Waals surface area contributed by atoms with Gasteiger partial charge < -0.3 is 19.4 Å². The van der Waals surface area contributed by atoms with Crippen LogP contribution in [-0.2, 0) is 6.54 Å². The summed E-state index contributed by atoms with van der Waals surface area (Å²) in [5.74, 6) is 0.276. The molecule has 1 saturated heterocycles. The molecule has 3 rings (SSSR count). The first-order valence-electron chi connectivity index (χ1n) is 8.22. The fraction of sp³-hybridized carbons (Fsp3) is 0.500. The standard InChI is InChI=1S/C16H19ClN4O4/c1-11-14(17)15(21(23)24)18-20(11)10-12-6-7-13(25-12)16(22)19-8-4-2-3-5-9-19/h6-7H,2-5,8-10H2,1H3. The third kappa shape index (κ3) is 3.68. The van der Waals surface area contributed by atoms with E-state index in [-0.39, 0.29) is 29.1 Å². The van der Waals surface area contributed by atoms with E-state index < -0.39 is 4.92 Å². The maximum absolute atomic E-state index is 12.5. The molecule has 0 radical (unpaired) electrons. The molecule has 0 atom stereocenters. The van der Waals surface area contributed by atoms with Crippen molar-refractivity contribution in [1.82, 2.24) is 14.7 Å². The van der Waals surface area contributed by atoms with E-state index >= 15 is 0 Å². The minimum atomic E-state index is -0.623. The van der Waals surface area contributed by atoms with Gasteiger partial charge in [0.05, 0.1) is 10.8 Å². The molecule has 1 fully saturated rings. The van der Waals surface area contributed by atoms with E-state index in [1.54, 1.807) is 19.1 Å². The second-order valence-corrected chi connectivity index (χ2v) is 6.49. The van der Waals surface area contributed by atoms with Gasteiger partial charge in [0.15, 0.2) is 10.8 Å². The van der Waals surface area contributed by atoms with Crippen molar-refractivity contribution < 1.29 is 14.1 Å². The summed E-state index contributed by atoms with van der Waals surface area (Å²) in [6, 6.07) is 3.32. The summed E-state index contributed by atoms with van der Waals surface area (Å²) in [6.07, 6.45) is 4.30. The number of halogens is 1. The van der Waals surface area contributed by atoms with Gasteiger partial charge in [0.25, 0.3) is 5.91 Å². The topological polar surface area (TPSA) is 94.4 Å². The number of carbonyl (C=O) groups is 1. The minimum Gasteiger partial charge on any atom is -0.454 e. The summed E-state index contributed by atoms with van der Waals surface area (Å²) >= 11 is 5.93. The first-order valence-corrected chi connectivity index (χ1v) is 8.60. The highest BCUT2D eigenvalue weighted by molar-refractivity contribution is 6.33. The van der Waals surface area contributed by atoms with Crippen LogP contribution in [0.3, 0.4) is 0 Å². The molecule has 0 aromatic carbocycles. The maximum atomic E-state index is 12.5. The van der Waals surface area contributed by atoms with Crippen LogP contribution in [0.5, 0.6) is 0 Å². The molecule has 1 aliphatic heterocycles. The highest BCUT2D eigenvalue weighted by Gasteiger charge is 2.25. The van der Waals surface area contributed by atoms with Gasteiger partial charge in [-0.15, -0.1) is 0 Å². The zero-order valence-electron chi connectivity index (χ0n) is 13.9. The van der Waals surface area contributed by atoms with Crippen molar-refractivity contribution in [3.8, 4) is 0 Å². The van der Waals surface area contributed by atoms with Crippen LogP contribution in [0.25, 0.3) is 0 Å². The van der Waals surface area contributed by atoms with Gasteiger partial charge in [-0.3, -0.25) is 4.79 Å². The van der Waals surface area contributed by atoms with E-state index in [0.717, 1.165) is 38.8 Å². The predicted molar refractivity (Wildman–Crippen MR) is 90.8 cm³/mol. The number of hydrogen-bond donors (Lipinski definition) is 0. The van der Waals surface area contributed by atoms with Crippen molar-refractivity contribution in [3.63, 3.8) is 0 Å². The van der Waals surface area contributed by atoms with Crippen LogP contribution in [0.2, 0.25) is 5.02 Å². The Morgan fingerprint density at radius 1 is 1.32 bits per heavy atom. The Balaban J connectivity index is 1.74. The van der Waals surface area contributed by atoms with Crippen LogP contribution in [0, 0.1) is 17.0 Å². The van der Waals surface area contributed by atoms with Crippen LogP contribution in [0.1, 0.15) is 47.7 Å². The van der Waals surface area contributed by atoms with Gasteiger partial charge in [0.1, 0.15) is 12.3 Å². The molecule has 2 aromatic rings. The molecule has 0 N–H and O–H groups in total. The molecule has 1 aliphatic rings. The smallest absolute Gasteiger partial charge is 0.408 e. The van der Waals surface area contributed by atoms with Gasteiger partial charge in [-0.1, -0.05) is 24.4 Å². The summed E-state index contributed by atoms with van der Waals surface area (Å²) in [6.45, 7) is 3.31. The zero-order valence-corrected chi connectivity index (χ0v) is 14.7. The average Bonchev–Trinajstić information content (AvgIpc) is 3.03. The van der Waals surface area contributed by atoms with Gasteiger partial charge in [-0.25, -0.2) is 0 Å². The zero-order chi connectivity index (χ0) is 18.0. The number of hydrogen-bond acceptors (Lipinski definition) is 5. The molecule has 9 heteroatoms. The van der Waals surface area contributed by atoms with E-state index in [1.807, 2.05) is 4.90 Å². The van der Waals surface area contributed by atoms with E-state index in [1.165, 1.54) is 4.68 Å². The van der Waals surface area contributed by atoms with Gasteiger partial charge in [0.2, 0.25) is 0 Å². The lowest BCUT2D eigenvalue weighted by Crippen LogP contribution is -2.31. The molecular weight excluding hydrogens is 348 g/mol. The van der Waals surface area contributed by atoms with Gasteiger partial charge in [-0.2, -0.15) is 4.68 Å². The monoisotopic (exact) mass is 366 g/mol. The Hall–Kier alpha value is -2.35. The maximum Gasteiger partial charge on any atom is 0.408 e. The Bertz CT molecular complexity index is 790. The Morgan fingerprint density at radius 2 is 2.00 bits per heavy atom. The normalized spacial score (nSPS) is 15.2. The summed E-state index contributed by atoms with van der Waals surface area (Å²) < 4.78 is 7.05. The van der Waals surface area contributed by atoms with Crippen molar-refractivity contribution in [2.24, 2.45) is 0 Å². The predicted octanol–water partition coefficient (Wildman–Crippen LogP) is 3.41. The lowest BCUT2D eigenvalue weighted by molar-refractivity contribution is -0.389. The van der Waals surface area contributed by atoms with Crippen LogP contribution < -0.4 is 0 Å². The molecule has 0 bridgehead atoms. The first-order chi connectivity index (χ1) is 12.0. The fourth-order valence-corrected chi connectivity index (χ4v) is 3.14. The average molecular weight is 367 g/mol. The molecule has 134 valence electrons. The number of nitrogens with zero attached hydrogens (tertiary/aromatic N) is 4. The number of nitro groups is 1. The third-order valence-corrected chi connectivity index (χ3v) is 4.80. The Kier molecular flexibility index (Phi) is 5.08. The highest BCUT2D eigenvalue weighted by atomic mass is 35.5. The largest absolute Gasteiger partial charge is 0.454 e. The first kappa shape index (κ1) is 17.5. The number of furan rings is 1.